The minimum atomic E-state index is -0.432. The number of aromatic nitrogens is 5. The molecular weight excluding hydrogens is 588 g/mol. The van der Waals surface area contributed by atoms with Crippen LogP contribution in [0.15, 0.2) is 84.9 Å². The molecular formula is C37H42N8O2. The van der Waals surface area contributed by atoms with Crippen molar-refractivity contribution in [2.24, 2.45) is 5.92 Å². The lowest BCUT2D eigenvalue weighted by Gasteiger charge is -2.30. The van der Waals surface area contributed by atoms with Crippen molar-refractivity contribution in [3.8, 4) is 11.4 Å². The highest BCUT2D eigenvalue weighted by atomic mass is 16.2. The summed E-state index contributed by atoms with van der Waals surface area (Å²) in [6.07, 6.45) is 1.72. The van der Waals surface area contributed by atoms with Crippen LogP contribution in [0.2, 0.25) is 0 Å². The van der Waals surface area contributed by atoms with Crippen LogP contribution in [-0.4, -0.2) is 49.7 Å². The number of Topliss-reactive ketones (excluding diaryl/α,β-unsaturated/α-hetero) is 1. The van der Waals surface area contributed by atoms with Gasteiger partial charge in [0.2, 0.25) is 0 Å². The molecule has 10 nitrogen and oxygen atoms in total. The third-order valence-corrected chi connectivity index (χ3v) is 8.64. The van der Waals surface area contributed by atoms with Crippen molar-refractivity contribution in [2.75, 3.05) is 23.7 Å². The van der Waals surface area contributed by atoms with E-state index in [-0.39, 0.29) is 17.1 Å². The zero-order valence-corrected chi connectivity index (χ0v) is 27.6. The number of anilines is 2. The Morgan fingerprint density at radius 3 is 2.26 bits per heavy atom. The number of carbonyl (C=O) groups is 2. The molecule has 6 rings (SSSR count). The zero-order chi connectivity index (χ0) is 33.1. The summed E-state index contributed by atoms with van der Waals surface area (Å²) in [5.41, 5.74) is 5.83. The maximum atomic E-state index is 14.3. The number of benzene rings is 3. The average Bonchev–Trinajstić information content (AvgIpc) is 3.66. The minimum Gasteiger partial charge on any atom is -0.317 e. The lowest BCUT2D eigenvalue weighted by molar-refractivity contribution is 0.0910. The molecule has 0 radical (unpaired) electrons. The van der Waals surface area contributed by atoms with E-state index in [1.807, 2.05) is 98.8 Å². The van der Waals surface area contributed by atoms with Crippen LogP contribution in [0.25, 0.3) is 11.4 Å². The quantitative estimate of drug-likeness (QED) is 0.159. The van der Waals surface area contributed by atoms with E-state index in [4.69, 9.17) is 5.10 Å². The molecule has 1 atom stereocenters. The summed E-state index contributed by atoms with van der Waals surface area (Å²) in [6.45, 7) is 11.8. The number of urea groups is 1. The van der Waals surface area contributed by atoms with E-state index in [0.717, 1.165) is 54.1 Å². The fourth-order valence-corrected chi connectivity index (χ4v) is 6.05. The van der Waals surface area contributed by atoms with Crippen molar-refractivity contribution in [1.29, 1.82) is 0 Å². The normalized spacial score (nSPS) is 14.5. The maximum absolute atomic E-state index is 14.3. The van der Waals surface area contributed by atoms with E-state index in [2.05, 4.69) is 46.9 Å². The number of rotatable bonds is 8. The first-order valence-electron chi connectivity index (χ1n) is 16.2. The van der Waals surface area contributed by atoms with Gasteiger partial charge in [0.05, 0.1) is 28.7 Å². The molecule has 0 spiro atoms. The van der Waals surface area contributed by atoms with Crippen LogP contribution in [0.5, 0.6) is 0 Å². The lowest BCUT2D eigenvalue weighted by atomic mass is 9.77. The maximum Gasteiger partial charge on any atom is 0.324 e. The summed E-state index contributed by atoms with van der Waals surface area (Å²) < 4.78 is 1.76. The molecule has 2 aromatic heterocycles. The van der Waals surface area contributed by atoms with E-state index in [1.165, 1.54) is 4.80 Å². The van der Waals surface area contributed by atoms with Crippen LogP contribution in [0, 0.1) is 19.8 Å². The summed E-state index contributed by atoms with van der Waals surface area (Å²) in [7, 11) is 0. The summed E-state index contributed by atoms with van der Waals surface area (Å²) in [5.74, 6) is 0.190. The zero-order valence-electron chi connectivity index (χ0n) is 27.6. The van der Waals surface area contributed by atoms with Gasteiger partial charge in [0.1, 0.15) is 5.82 Å². The number of amides is 2. The van der Waals surface area contributed by atoms with Crippen molar-refractivity contribution in [2.45, 2.75) is 58.8 Å². The predicted octanol–water partition coefficient (Wildman–Crippen LogP) is 6.98. The third kappa shape index (κ3) is 7.18. The Kier molecular flexibility index (Phi) is 9.04. The fourth-order valence-electron chi connectivity index (χ4n) is 6.05. The lowest BCUT2D eigenvalue weighted by Crippen LogP contribution is -2.34. The number of para-hydroxylation sites is 1. The van der Waals surface area contributed by atoms with Gasteiger partial charge in [-0.1, -0.05) is 68.8 Å². The van der Waals surface area contributed by atoms with Gasteiger partial charge in [-0.05, 0) is 87.7 Å². The first-order chi connectivity index (χ1) is 22.6. The average molecular weight is 631 g/mol. The molecule has 3 aromatic carbocycles. The second kappa shape index (κ2) is 13.3. The van der Waals surface area contributed by atoms with Crippen LogP contribution in [0.1, 0.15) is 72.5 Å². The molecule has 3 N–H and O–H groups in total. The number of hydrogen-bond acceptors (Lipinski definition) is 6. The Balaban J connectivity index is 1.27. The fraction of sp³-hybridized carbons (Fsp3) is 0.324. The first kappa shape index (κ1) is 31.9. The summed E-state index contributed by atoms with van der Waals surface area (Å²) in [5, 5.41) is 23.5. The van der Waals surface area contributed by atoms with Gasteiger partial charge >= 0.3 is 6.03 Å². The van der Waals surface area contributed by atoms with Crippen LogP contribution < -0.4 is 16.0 Å². The highest BCUT2D eigenvalue weighted by molar-refractivity contribution is 6.01. The highest BCUT2D eigenvalue weighted by Crippen LogP contribution is 2.35. The van der Waals surface area contributed by atoms with E-state index in [1.54, 1.807) is 4.68 Å². The van der Waals surface area contributed by atoms with Gasteiger partial charge in [0.25, 0.3) is 0 Å². The molecule has 2 amide bonds. The number of piperidine rings is 1. The van der Waals surface area contributed by atoms with E-state index in [0.29, 0.717) is 22.9 Å². The number of aryl methyl sites for hydroxylation is 2. The Bertz CT molecular complexity index is 1860. The largest absolute Gasteiger partial charge is 0.324 e. The van der Waals surface area contributed by atoms with Crippen LogP contribution >= 0.6 is 0 Å². The van der Waals surface area contributed by atoms with Gasteiger partial charge in [-0.2, -0.15) is 15.0 Å². The van der Waals surface area contributed by atoms with Crippen molar-refractivity contribution in [3.05, 3.63) is 113 Å². The molecule has 10 heteroatoms. The van der Waals surface area contributed by atoms with Crippen molar-refractivity contribution >= 4 is 23.3 Å². The number of hydrogen-bond donors (Lipinski definition) is 3. The number of nitrogens with one attached hydrogen (secondary N) is 3. The van der Waals surface area contributed by atoms with Gasteiger partial charge in [-0.25, -0.2) is 9.48 Å². The Morgan fingerprint density at radius 2 is 1.55 bits per heavy atom. The van der Waals surface area contributed by atoms with Gasteiger partial charge in [-0.15, -0.1) is 5.10 Å². The summed E-state index contributed by atoms with van der Waals surface area (Å²) in [4.78, 5) is 29.3. The van der Waals surface area contributed by atoms with Gasteiger partial charge < -0.3 is 10.6 Å². The molecule has 0 bridgehead atoms. The van der Waals surface area contributed by atoms with Crippen LogP contribution in [0.3, 0.4) is 0 Å². The molecule has 1 unspecified atom stereocenters. The molecule has 0 saturated carbocycles. The molecule has 3 heterocycles. The Hall–Kier alpha value is -5.09. The van der Waals surface area contributed by atoms with Crippen molar-refractivity contribution < 1.29 is 9.59 Å². The van der Waals surface area contributed by atoms with E-state index in [9.17, 15) is 9.59 Å². The topological polar surface area (TPSA) is 119 Å². The molecule has 0 aliphatic carbocycles. The highest BCUT2D eigenvalue weighted by Gasteiger charge is 2.34. The van der Waals surface area contributed by atoms with E-state index < -0.39 is 11.9 Å². The van der Waals surface area contributed by atoms with Gasteiger partial charge in [-0.3, -0.25) is 10.1 Å². The third-order valence-electron chi connectivity index (χ3n) is 8.64. The molecule has 1 aliphatic rings. The van der Waals surface area contributed by atoms with Crippen molar-refractivity contribution in [1.82, 2.24) is 30.1 Å². The summed E-state index contributed by atoms with van der Waals surface area (Å²) >= 11 is 0. The first-order valence-corrected chi connectivity index (χ1v) is 16.2. The Labute approximate surface area is 275 Å². The smallest absolute Gasteiger partial charge is 0.317 e. The van der Waals surface area contributed by atoms with Gasteiger partial charge in [0, 0.05) is 17.2 Å². The molecule has 5 aromatic rings. The SMILES string of the molecule is Cc1ccc(-n2nc(C(C)(C)C)cc2NC(=O)Nc2cccc(C(C(=O)c3nn(-c4ccccc4)nc3C)C3CCNCC3)c2)cc1. The number of nitrogens with zero attached hydrogens (tertiary/aromatic N) is 5. The van der Waals surface area contributed by atoms with Crippen molar-refractivity contribution in [3.63, 3.8) is 0 Å². The Morgan fingerprint density at radius 1 is 0.830 bits per heavy atom. The van der Waals surface area contributed by atoms with E-state index >= 15 is 0 Å². The molecule has 47 heavy (non-hydrogen) atoms. The van der Waals surface area contributed by atoms with Gasteiger partial charge in [0.15, 0.2) is 11.5 Å². The number of ketones is 1. The number of carbonyl (C=O) groups excluding carboxylic acids is 2. The standard InChI is InChI=1S/C37H42N8O2/c1-24-14-16-29(17-15-24)44-32(23-31(42-44)37(3,4)5)40-36(47)39-28-11-9-10-27(22-28)33(26-18-20-38-21-19-26)35(46)34-25(2)41-45(43-34)30-12-7-6-8-13-30/h6-17,22-23,26,33,38H,18-21H2,1-5H3,(H2,39,40,47). The molecule has 242 valence electrons. The minimum absolute atomic E-state index is 0.0603. The second-order valence-corrected chi connectivity index (χ2v) is 13.3. The molecule has 1 saturated heterocycles. The summed E-state index contributed by atoms with van der Waals surface area (Å²) in [6, 6.07) is 26.7. The van der Waals surface area contributed by atoms with Crippen LogP contribution in [-0.2, 0) is 5.41 Å². The van der Waals surface area contributed by atoms with Crippen LogP contribution in [0.4, 0.5) is 16.3 Å². The second-order valence-electron chi connectivity index (χ2n) is 13.3. The molecule has 1 aliphatic heterocycles. The monoisotopic (exact) mass is 630 g/mol. The predicted molar refractivity (Wildman–Crippen MR) is 185 cm³/mol. The molecule has 1 fully saturated rings.